The number of nitrogens with one attached hydrogen (secondary N) is 2. The van der Waals surface area contributed by atoms with Crippen molar-refractivity contribution in [2.75, 3.05) is 11.9 Å². The van der Waals surface area contributed by atoms with Gasteiger partial charge in [-0.25, -0.2) is 0 Å². The van der Waals surface area contributed by atoms with Crippen LogP contribution in [0.4, 0.5) is 5.69 Å². The topological polar surface area (TPSA) is 50.4 Å². The van der Waals surface area contributed by atoms with Crippen LogP contribution in [0.3, 0.4) is 0 Å². The molecule has 0 aliphatic carbocycles. The number of rotatable bonds is 6. The number of fused-ring (bicyclic) bond motifs is 1. The first-order chi connectivity index (χ1) is 9.60. The first-order valence-corrected chi connectivity index (χ1v) is 7.42. The van der Waals surface area contributed by atoms with Crippen molar-refractivity contribution in [2.45, 2.75) is 52.1 Å². The Bertz CT molecular complexity index is 474. The van der Waals surface area contributed by atoms with Gasteiger partial charge in [-0.1, -0.05) is 25.8 Å². The highest BCUT2D eigenvalue weighted by Crippen LogP contribution is 2.30. The number of carbonyl (C=O) groups excluding carboxylic acids is 1. The van der Waals surface area contributed by atoms with E-state index in [0.717, 1.165) is 17.0 Å². The second-order valence-corrected chi connectivity index (χ2v) is 5.52. The molecule has 2 unspecified atom stereocenters. The summed E-state index contributed by atoms with van der Waals surface area (Å²) in [5, 5.41) is 6.45. The Hall–Kier alpha value is -1.55. The van der Waals surface area contributed by atoms with Crippen LogP contribution in [-0.4, -0.2) is 18.6 Å². The van der Waals surface area contributed by atoms with Gasteiger partial charge in [-0.2, -0.15) is 0 Å². The SMILES string of the molecule is CCCCC(C)NC(C)c1ccc2c(c1)NC(=O)CO2. The molecule has 2 N–H and O–H groups in total. The predicted molar refractivity (Wildman–Crippen MR) is 81.1 cm³/mol. The lowest BCUT2D eigenvalue weighted by Gasteiger charge is -2.23. The van der Waals surface area contributed by atoms with Crippen molar-refractivity contribution in [3.8, 4) is 5.75 Å². The molecule has 2 rings (SSSR count). The Morgan fingerprint density at radius 1 is 1.40 bits per heavy atom. The number of ether oxygens (including phenoxy) is 1. The van der Waals surface area contributed by atoms with Crippen molar-refractivity contribution in [3.63, 3.8) is 0 Å². The standard InChI is InChI=1S/C16H24N2O2/c1-4-5-6-11(2)17-12(3)13-7-8-15-14(9-13)18-16(19)10-20-15/h7-9,11-12,17H,4-6,10H2,1-3H3,(H,18,19). The third-order valence-electron chi connectivity index (χ3n) is 3.66. The summed E-state index contributed by atoms with van der Waals surface area (Å²) in [7, 11) is 0. The van der Waals surface area contributed by atoms with Crippen LogP contribution < -0.4 is 15.4 Å². The molecule has 1 aliphatic heterocycles. The summed E-state index contributed by atoms with van der Waals surface area (Å²) >= 11 is 0. The number of hydrogen-bond acceptors (Lipinski definition) is 3. The lowest BCUT2D eigenvalue weighted by molar-refractivity contribution is -0.118. The van der Waals surface area contributed by atoms with Crippen molar-refractivity contribution in [1.29, 1.82) is 0 Å². The van der Waals surface area contributed by atoms with E-state index in [1.807, 2.05) is 12.1 Å². The summed E-state index contributed by atoms with van der Waals surface area (Å²) in [5.74, 6) is 0.658. The zero-order valence-electron chi connectivity index (χ0n) is 12.5. The van der Waals surface area contributed by atoms with E-state index in [2.05, 4.69) is 37.5 Å². The molecule has 1 amide bonds. The molecule has 1 aliphatic rings. The lowest BCUT2D eigenvalue weighted by Crippen LogP contribution is -2.29. The van der Waals surface area contributed by atoms with Crippen molar-refractivity contribution >= 4 is 11.6 Å². The van der Waals surface area contributed by atoms with E-state index < -0.39 is 0 Å². The smallest absolute Gasteiger partial charge is 0.262 e. The number of benzene rings is 1. The van der Waals surface area contributed by atoms with Crippen LogP contribution in [0, 0.1) is 0 Å². The molecular weight excluding hydrogens is 252 g/mol. The first-order valence-electron chi connectivity index (χ1n) is 7.42. The molecule has 1 aromatic rings. The van der Waals surface area contributed by atoms with Gasteiger partial charge < -0.3 is 15.4 Å². The summed E-state index contributed by atoms with van der Waals surface area (Å²) in [6.45, 7) is 6.68. The fraction of sp³-hybridized carbons (Fsp3) is 0.562. The van der Waals surface area contributed by atoms with Crippen LogP contribution in [0.1, 0.15) is 51.6 Å². The van der Waals surface area contributed by atoms with Crippen LogP contribution in [0.25, 0.3) is 0 Å². The average molecular weight is 276 g/mol. The normalized spacial score (nSPS) is 16.9. The molecule has 0 fully saturated rings. The second kappa shape index (κ2) is 6.75. The van der Waals surface area contributed by atoms with E-state index in [1.54, 1.807) is 0 Å². The number of amides is 1. The molecule has 0 radical (unpaired) electrons. The fourth-order valence-corrected chi connectivity index (χ4v) is 2.49. The molecule has 4 nitrogen and oxygen atoms in total. The van der Waals surface area contributed by atoms with Crippen LogP contribution in [0.15, 0.2) is 18.2 Å². The molecule has 0 saturated heterocycles. The summed E-state index contributed by atoms with van der Waals surface area (Å²) in [5.41, 5.74) is 1.94. The third kappa shape index (κ3) is 3.73. The van der Waals surface area contributed by atoms with Crippen LogP contribution in [-0.2, 0) is 4.79 Å². The minimum Gasteiger partial charge on any atom is -0.482 e. The van der Waals surface area contributed by atoms with Crippen molar-refractivity contribution in [2.24, 2.45) is 0 Å². The zero-order chi connectivity index (χ0) is 14.5. The maximum atomic E-state index is 11.4. The van der Waals surface area contributed by atoms with E-state index in [4.69, 9.17) is 4.74 Å². The van der Waals surface area contributed by atoms with Gasteiger partial charge in [-0.3, -0.25) is 4.79 Å². The maximum absolute atomic E-state index is 11.4. The quantitative estimate of drug-likeness (QED) is 0.838. The van der Waals surface area contributed by atoms with E-state index in [0.29, 0.717) is 6.04 Å². The summed E-state index contributed by atoms with van der Waals surface area (Å²) in [6, 6.07) is 6.73. The van der Waals surface area contributed by atoms with Gasteiger partial charge in [0.05, 0.1) is 5.69 Å². The minimum atomic E-state index is -0.0911. The highest BCUT2D eigenvalue weighted by molar-refractivity contribution is 5.95. The summed E-state index contributed by atoms with van der Waals surface area (Å²) in [6.07, 6.45) is 3.66. The highest BCUT2D eigenvalue weighted by Gasteiger charge is 2.17. The molecule has 0 bridgehead atoms. The summed E-state index contributed by atoms with van der Waals surface area (Å²) in [4.78, 5) is 11.4. The van der Waals surface area contributed by atoms with Crippen molar-refractivity contribution < 1.29 is 9.53 Å². The van der Waals surface area contributed by atoms with Crippen LogP contribution in [0.2, 0.25) is 0 Å². The first kappa shape index (κ1) is 14.9. The molecule has 1 heterocycles. The maximum Gasteiger partial charge on any atom is 0.262 e. The molecule has 20 heavy (non-hydrogen) atoms. The zero-order valence-corrected chi connectivity index (χ0v) is 12.5. The van der Waals surface area contributed by atoms with Crippen molar-refractivity contribution in [3.05, 3.63) is 23.8 Å². The Kier molecular flexibility index (Phi) is 5.01. The van der Waals surface area contributed by atoms with E-state index >= 15 is 0 Å². The Labute approximate surface area is 120 Å². The number of anilines is 1. The Morgan fingerprint density at radius 3 is 2.95 bits per heavy atom. The number of unbranched alkanes of at least 4 members (excludes halogenated alkanes) is 1. The second-order valence-electron chi connectivity index (χ2n) is 5.52. The van der Waals surface area contributed by atoms with Gasteiger partial charge >= 0.3 is 0 Å². The Balaban J connectivity index is 2.01. The van der Waals surface area contributed by atoms with Gasteiger partial charge in [0.15, 0.2) is 6.61 Å². The van der Waals surface area contributed by atoms with E-state index in [1.165, 1.54) is 19.3 Å². The molecular formula is C16H24N2O2. The minimum absolute atomic E-state index is 0.0911. The van der Waals surface area contributed by atoms with Gasteiger partial charge in [-0.15, -0.1) is 0 Å². The lowest BCUT2D eigenvalue weighted by atomic mass is 10.0. The summed E-state index contributed by atoms with van der Waals surface area (Å²) < 4.78 is 5.37. The van der Waals surface area contributed by atoms with E-state index in [9.17, 15) is 4.79 Å². The fourth-order valence-electron chi connectivity index (χ4n) is 2.49. The molecule has 110 valence electrons. The number of carbonyl (C=O) groups is 1. The molecule has 4 heteroatoms. The van der Waals surface area contributed by atoms with Crippen LogP contribution in [0.5, 0.6) is 5.75 Å². The highest BCUT2D eigenvalue weighted by atomic mass is 16.5. The predicted octanol–water partition coefficient (Wildman–Crippen LogP) is 3.25. The molecule has 0 spiro atoms. The van der Waals surface area contributed by atoms with Gasteiger partial charge in [0.2, 0.25) is 0 Å². The van der Waals surface area contributed by atoms with Gasteiger partial charge in [-0.05, 0) is 38.0 Å². The van der Waals surface area contributed by atoms with E-state index in [-0.39, 0.29) is 18.6 Å². The Morgan fingerprint density at radius 2 is 2.20 bits per heavy atom. The molecule has 1 aromatic carbocycles. The van der Waals surface area contributed by atoms with Gasteiger partial charge in [0, 0.05) is 12.1 Å². The van der Waals surface area contributed by atoms with Gasteiger partial charge in [0.25, 0.3) is 5.91 Å². The van der Waals surface area contributed by atoms with Crippen molar-refractivity contribution in [1.82, 2.24) is 5.32 Å². The molecule has 0 aromatic heterocycles. The van der Waals surface area contributed by atoms with Crippen LogP contribution >= 0.6 is 0 Å². The largest absolute Gasteiger partial charge is 0.482 e. The number of hydrogen-bond donors (Lipinski definition) is 2. The average Bonchev–Trinajstić information content (AvgIpc) is 2.44. The molecule has 0 saturated carbocycles. The monoisotopic (exact) mass is 276 g/mol. The molecule has 2 atom stereocenters. The third-order valence-corrected chi connectivity index (χ3v) is 3.66. The van der Waals surface area contributed by atoms with Gasteiger partial charge in [0.1, 0.15) is 5.75 Å².